The Morgan fingerprint density at radius 2 is 1.60 bits per heavy atom. The first-order valence-electron chi connectivity index (χ1n) is 13.3. The van der Waals surface area contributed by atoms with Gasteiger partial charge in [0.15, 0.2) is 0 Å². The van der Waals surface area contributed by atoms with Crippen LogP contribution in [0.5, 0.6) is 0 Å². The molecule has 2 atom stereocenters. The summed E-state index contributed by atoms with van der Waals surface area (Å²) in [6.07, 6.45) is -3.45. The van der Waals surface area contributed by atoms with Gasteiger partial charge in [-0.15, -0.1) is 0 Å². The van der Waals surface area contributed by atoms with E-state index in [2.05, 4.69) is 5.32 Å². The minimum absolute atomic E-state index is 0.0409. The van der Waals surface area contributed by atoms with Crippen LogP contribution in [0, 0.1) is 5.82 Å². The number of halogens is 5. The topological polar surface area (TPSA) is 86.8 Å². The zero-order valence-corrected chi connectivity index (χ0v) is 25.3. The van der Waals surface area contributed by atoms with Crippen molar-refractivity contribution >= 4 is 39.1 Å². The van der Waals surface area contributed by atoms with Crippen molar-refractivity contribution in [2.24, 2.45) is 0 Å². The van der Waals surface area contributed by atoms with E-state index in [0.717, 1.165) is 17.2 Å². The third-order valence-electron chi connectivity index (χ3n) is 6.76. The molecule has 0 bridgehead atoms. The second-order valence-electron chi connectivity index (χ2n) is 10.1. The lowest BCUT2D eigenvalue weighted by Crippen LogP contribution is -2.54. The maximum Gasteiger partial charge on any atom is 0.416 e. The van der Waals surface area contributed by atoms with E-state index in [1.807, 2.05) is 6.92 Å². The van der Waals surface area contributed by atoms with Crippen molar-refractivity contribution < 1.29 is 35.6 Å². The van der Waals surface area contributed by atoms with Gasteiger partial charge in [0.1, 0.15) is 18.4 Å². The zero-order chi connectivity index (χ0) is 31.9. The second kappa shape index (κ2) is 14.2. The first-order valence-corrected chi connectivity index (χ1v) is 15.6. The van der Waals surface area contributed by atoms with E-state index in [1.54, 1.807) is 37.3 Å². The summed E-state index contributed by atoms with van der Waals surface area (Å²) in [4.78, 5) is 28.8. The number of carbonyl (C=O) groups is 2. The average molecular weight is 642 g/mol. The molecule has 1 N–H and O–H groups in total. The smallest absolute Gasteiger partial charge is 0.352 e. The van der Waals surface area contributed by atoms with Crippen LogP contribution in [-0.4, -0.2) is 50.0 Å². The molecule has 0 aromatic heterocycles. The third-order valence-corrected chi connectivity index (χ3v) is 8.21. The highest BCUT2D eigenvalue weighted by Crippen LogP contribution is 2.36. The Morgan fingerprint density at radius 3 is 2.16 bits per heavy atom. The second-order valence-corrected chi connectivity index (χ2v) is 12.4. The van der Waals surface area contributed by atoms with Gasteiger partial charge in [0.05, 0.1) is 22.5 Å². The molecule has 232 valence electrons. The largest absolute Gasteiger partial charge is 0.416 e. The molecular formula is C30H32ClF4N3O4S. The number of alkyl halides is 3. The van der Waals surface area contributed by atoms with Gasteiger partial charge >= 0.3 is 6.18 Å². The fraction of sp³-hybridized carbons (Fsp3) is 0.333. The fourth-order valence-corrected chi connectivity index (χ4v) is 5.38. The van der Waals surface area contributed by atoms with Gasteiger partial charge in [-0.1, -0.05) is 61.0 Å². The van der Waals surface area contributed by atoms with Crippen LogP contribution in [0.15, 0.2) is 72.8 Å². The van der Waals surface area contributed by atoms with Crippen molar-refractivity contribution in [2.75, 3.05) is 17.1 Å². The monoisotopic (exact) mass is 641 g/mol. The molecule has 7 nitrogen and oxygen atoms in total. The van der Waals surface area contributed by atoms with Crippen LogP contribution in [0.3, 0.4) is 0 Å². The molecule has 3 aromatic carbocycles. The molecule has 43 heavy (non-hydrogen) atoms. The molecule has 0 aliphatic rings. The first kappa shape index (κ1) is 33.9. The molecule has 13 heteroatoms. The molecule has 0 unspecified atom stereocenters. The Labute approximate surface area is 253 Å². The number of anilines is 1. The van der Waals surface area contributed by atoms with Gasteiger partial charge in [0.25, 0.3) is 0 Å². The molecule has 3 rings (SSSR count). The van der Waals surface area contributed by atoms with Crippen LogP contribution >= 0.6 is 11.6 Å². The minimum atomic E-state index is -4.81. The highest BCUT2D eigenvalue weighted by molar-refractivity contribution is 7.92. The predicted molar refractivity (Wildman–Crippen MR) is 157 cm³/mol. The number of sulfonamides is 1. The summed E-state index contributed by atoms with van der Waals surface area (Å²) in [5.41, 5.74) is -0.569. The molecule has 0 radical (unpaired) electrons. The van der Waals surface area contributed by atoms with Gasteiger partial charge in [-0.3, -0.25) is 13.9 Å². The Balaban J connectivity index is 2.11. The summed E-state index contributed by atoms with van der Waals surface area (Å²) in [6.45, 7) is 2.47. The summed E-state index contributed by atoms with van der Waals surface area (Å²) in [6, 6.07) is 14.7. The van der Waals surface area contributed by atoms with Crippen LogP contribution in [0.1, 0.15) is 37.0 Å². The molecule has 0 saturated carbocycles. The maximum atomic E-state index is 14.0. The maximum absolute atomic E-state index is 14.0. The molecule has 0 aliphatic carbocycles. The highest BCUT2D eigenvalue weighted by Gasteiger charge is 2.36. The summed E-state index contributed by atoms with van der Waals surface area (Å²) in [5, 5.41) is 2.53. The van der Waals surface area contributed by atoms with E-state index < -0.39 is 57.7 Å². The van der Waals surface area contributed by atoms with E-state index >= 15 is 0 Å². The standard InChI is InChI=1S/C30H32ClF4N3O4S/c1-4-20(2)36-29(40)27(16-21-8-6-5-7-9-21)37(18-22-10-13-24(32)14-11-22)28(39)19-38(43(3,41)42)26-17-23(30(33,34)35)12-15-25(26)31/h5-15,17,20,27H,4,16,18-19H2,1-3H3,(H,36,40)/t20-,27+/m0/s1. The molecule has 2 amide bonds. The van der Waals surface area contributed by atoms with Crippen molar-refractivity contribution in [1.82, 2.24) is 10.2 Å². The predicted octanol–water partition coefficient (Wildman–Crippen LogP) is 5.82. The fourth-order valence-electron chi connectivity index (χ4n) is 4.26. The van der Waals surface area contributed by atoms with E-state index in [1.165, 1.54) is 24.3 Å². The number of hydrogen-bond donors (Lipinski definition) is 1. The van der Waals surface area contributed by atoms with Gasteiger partial charge in [0.2, 0.25) is 21.8 Å². The zero-order valence-electron chi connectivity index (χ0n) is 23.7. The Morgan fingerprint density at radius 1 is 0.977 bits per heavy atom. The summed E-state index contributed by atoms with van der Waals surface area (Å²) in [7, 11) is -4.35. The van der Waals surface area contributed by atoms with E-state index in [0.29, 0.717) is 34.0 Å². The van der Waals surface area contributed by atoms with E-state index in [4.69, 9.17) is 11.6 Å². The van der Waals surface area contributed by atoms with Gasteiger partial charge in [-0.05, 0) is 54.8 Å². The minimum Gasteiger partial charge on any atom is -0.352 e. The number of rotatable bonds is 12. The number of carbonyl (C=O) groups excluding carboxylic acids is 2. The van der Waals surface area contributed by atoms with Crippen molar-refractivity contribution in [3.05, 3.63) is 100 Å². The van der Waals surface area contributed by atoms with Crippen molar-refractivity contribution in [1.29, 1.82) is 0 Å². The number of benzene rings is 3. The van der Waals surface area contributed by atoms with Crippen molar-refractivity contribution in [2.45, 2.75) is 51.5 Å². The summed E-state index contributed by atoms with van der Waals surface area (Å²) < 4.78 is 80.4. The first-order chi connectivity index (χ1) is 20.1. The van der Waals surface area contributed by atoms with Gasteiger partial charge < -0.3 is 10.2 Å². The molecule has 0 spiro atoms. The van der Waals surface area contributed by atoms with Crippen LogP contribution in [0.2, 0.25) is 5.02 Å². The number of amides is 2. The van der Waals surface area contributed by atoms with Crippen LogP contribution in [-0.2, 0) is 38.8 Å². The summed E-state index contributed by atoms with van der Waals surface area (Å²) in [5.74, 6) is -1.93. The number of nitrogens with zero attached hydrogens (tertiary/aromatic N) is 2. The van der Waals surface area contributed by atoms with E-state index in [9.17, 15) is 35.6 Å². The van der Waals surface area contributed by atoms with Crippen molar-refractivity contribution in [3.63, 3.8) is 0 Å². The van der Waals surface area contributed by atoms with Gasteiger partial charge in [0, 0.05) is 19.0 Å². The summed E-state index contributed by atoms with van der Waals surface area (Å²) >= 11 is 6.15. The van der Waals surface area contributed by atoms with Gasteiger partial charge in [-0.25, -0.2) is 12.8 Å². The third kappa shape index (κ3) is 9.42. The van der Waals surface area contributed by atoms with Crippen LogP contribution < -0.4 is 9.62 Å². The lowest BCUT2D eigenvalue weighted by Gasteiger charge is -2.34. The molecule has 0 aliphatic heterocycles. The SMILES string of the molecule is CC[C@H](C)NC(=O)[C@@H](Cc1ccccc1)N(Cc1ccc(F)cc1)C(=O)CN(c1cc(C(F)(F)F)ccc1Cl)S(C)(=O)=O. The van der Waals surface area contributed by atoms with Crippen LogP contribution in [0.4, 0.5) is 23.2 Å². The molecule has 0 fully saturated rings. The Kier molecular flexibility index (Phi) is 11.2. The lowest BCUT2D eigenvalue weighted by atomic mass is 10.0. The quantitative estimate of drug-likeness (QED) is 0.253. The van der Waals surface area contributed by atoms with Crippen molar-refractivity contribution in [3.8, 4) is 0 Å². The highest BCUT2D eigenvalue weighted by atomic mass is 35.5. The number of nitrogens with one attached hydrogen (secondary N) is 1. The molecule has 0 heterocycles. The molecule has 3 aromatic rings. The van der Waals surface area contributed by atoms with E-state index in [-0.39, 0.29) is 24.0 Å². The van der Waals surface area contributed by atoms with Gasteiger partial charge in [-0.2, -0.15) is 13.2 Å². The van der Waals surface area contributed by atoms with Crippen LogP contribution in [0.25, 0.3) is 0 Å². The Hall–Kier alpha value is -3.64. The Bertz CT molecular complexity index is 1520. The normalized spacial score (nSPS) is 13.2. The lowest BCUT2D eigenvalue weighted by molar-refractivity contribution is -0.140. The average Bonchev–Trinajstić information content (AvgIpc) is 2.94. The molecule has 0 saturated heterocycles. The molecular weight excluding hydrogens is 610 g/mol. The number of hydrogen-bond acceptors (Lipinski definition) is 4.